The van der Waals surface area contributed by atoms with Crippen molar-refractivity contribution in [2.24, 2.45) is 11.3 Å². The summed E-state index contributed by atoms with van der Waals surface area (Å²) in [6.07, 6.45) is 0. The highest BCUT2D eigenvalue weighted by molar-refractivity contribution is 5.92. The van der Waals surface area contributed by atoms with Crippen molar-refractivity contribution in [2.45, 2.75) is 26.4 Å². The molecule has 0 spiro atoms. The number of carboxylic acid groups (broad SMARTS) is 3. The van der Waals surface area contributed by atoms with Crippen molar-refractivity contribution in [1.29, 1.82) is 0 Å². The summed E-state index contributed by atoms with van der Waals surface area (Å²) in [6, 6.07) is 0. The first-order chi connectivity index (χ1) is 6.99. The molecule has 0 radical (unpaired) electrons. The average molecular weight is 234 g/mol. The van der Waals surface area contributed by atoms with Gasteiger partial charge in [-0.15, -0.1) is 0 Å². The maximum Gasteiger partial charge on any atom is 0.337 e. The van der Waals surface area contributed by atoms with Crippen LogP contribution in [0.5, 0.6) is 0 Å². The van der Waals surface area contributed by atoms with Gasteiger partial charge < -0.3 is 20.4 Å². The van der Waals surface area contributed by atoms with Crippen LogP contribution in [-0.4, -0.2) is 43.9 Å². The SMILES string of the molecule is CC(C(=O)O)C(O)(C(=O)O)C(C)(C)C(=O)O. The van der Waals surface area contributed by atoms with Gasteiger partial charge in [0.15, 0.2) is 5.60 Å². The van der Waals surface area contributed by atoms with E-state index in [2.05, 4.69) is 0 Å². The van der Waals surface area contributed by atoms with Gasteiger partial charge in [0.25, 0.3) is 0 Å². The van der Waals surface area contributed by atoms with E-state index < -0.39 is 34.8 Å². The molecule has 0 aromatic heterocycles. The maximum atomic E-state index is 10.9. The van der Waals surface area contributed by atoms with Gasteiger partial charge in [-0.05, 0) is 20.8 Å². The fraction of sp³-hybridized carbons (Fsp3) is 0.667. The van der Waals surface area contributed by atoms with Gasteiger partial charge in [-0.2, -0.15) is 0 Å². The molecule has 16 heavy (non-hydrogen) atoms. The van der Waals surface area contributed by atoms with Crippen LogP contribution in [0, 0.1) is 11.3 Å². The third-order valence-corrected chi connectivity index (χ3v) is 2.81. The number of aliphatic carboxylic acids is 3. The highest BCUT2D eigenvalue weighted by Gasteiger charge is 2.60. The molecule has 0 amide bonds. The van der Waals surface area contributed by atoms with Gasteiger partial charge in [0.2, 0.25) is 0 Å². The van der Waals surface area contributed by atoms with Gasteiger partial charge in [-0.3, -0.25) is 9.59 Å². The summed E-state index contributed by atoms with van der Waals surface area (Å²) in [5, 5.41) is 36.3. The Balaban J connectivity index is 5.71. The second-order valence-electron chi connectivity index (χ2n) is 4.06. The highest BCUT2D eigenvalue weighted by Crippen LogP contribution is 2.37. The topological polar surface area (TPSA) is 132 Å². The van der Waals surface area contributed by atoms with E-state index in [1.54, 1.807) is 0 Å². The minimum Gasteiger partial charge on any atom is -0.481 e. The molecule has 0 aromatic rings. The Morgan fingerprint density at radius 2 is 1.38 bits per heavy atom. The minimum absolute atomic E-state index is 0.946. The van der Waals surface area contributed by atoms with E-state index in [1.807, 2.05) is 0 Å². The quantitative estimate of drug-likeness (QED) is 0.510. The Morgan fingerprint density at radius 3 is 1.56 bits per heavy atom. The van der Waals surface area contributed by atoms with Crippen LogP contribution in [0.1, 0.15) is 20.8 Å². The van der Waals surface area contributed by atoms with Gasteiger partial charge in [0, 0.05) is 0 Å². The summed E-state index contributed by atoms with van der Waals surface area (Å²) >= 11 is 0. The number of carboxylic acids is 3. The first-order valence-electron chi connectivity index (χ1n) is 4.41. The fourth-order valence-electron chi connectivity index (χ4n) is 1.34. The van der Waals surface area contributed by atoms with Crippen molar-refractivity contribution in [3.05, 3.63) is 0 Å². The molecule has 7 nitrogen and oxygen atoms in total. The number of rotatable bonds is 5. The Bertz CT molecular complexity index is 333. The first kappa shape index (κ1) is 14.4. The lowest BCUT2D eigenvalue weighted by Crippen LogP contribution is -2.61. The molecule has 0 saturated carbocycles. The van der Waals surface area contributed by atoms with Gasteiger partial charge in [0.1, 0.15) is 5.41 Å². The van der Waals surface area contributed by atoms with E-state index in [0.717, 1.165) is 20.8 Å². The summed E-state index contributed by atoms with van der Waals surface area (Å²) in [6.45, 7) is 2.87. The largest absolute Gasteiger partial charge is 0.481 e. The van der Waals surface area contributed by atoms with Crippen LogP contribution < -0.4 is 0 Å². The van der Waals surface area contributed by atoms with Crippen LogP contribution in [0.4, 0.5) is 0 Å². The molecule has 0 saturated heterocycles. The fourth-order valence-corrected chi connectivity index (χ4v) is 1.34. The van der Waals surface area contributed by atoms with E-state index in [1.165, 1.54) is 0 Å². The van der Waals surface area contributed by atoms with Crippen LogP contribution in [0.15, 0.2) is 0 Å². The Morgan fingerprint density at radius 1 is 1.00 bits per heavy atom. The molecule has 0 rings (SSSR count). The zero-order chi connectivity index (χ0) is 13.3. The van der Waals surface area contributed by atoms with E-state index in [9.17, 15) is 19.5 Å². The molecule has 7 heteroatoms. The predicted molar refractivity (Wildman–Crippen MR) is 50.8 cm³/mol. The zero-order valence-electron chi connectivity index (χ0n) is 9.09. The van der Waals surface area contributed by atoms with Crippen molar-refractivity contribution in [1.82, 2.24) is 0 Å². The lowest BCUT2D eigenvalue weighted by atomic mass is 9.68. The number of hydrogen-bond donors (Lipinski definition) is 4. The van der Waals surface area contributed by atoms with E-state index in [0.29, 0.717) is 0 Å². The van der Waals surface area contributed by atoms with Crippen molar-refractivity contribution < 1.29 is 34.8 Å². The van der Waals surface area contributed by atoms with Crippen LogP contribution >= 0.6 is 0 Å². The van der Waals surface area contributed by atoms with E-state index in [-0.39, 0.29) is 0 Å². The Kier molecular flexibility index (Phi) is 3.67. The molecule has 0 fully saturated rings. The molecule has 2 atom stereocenters. The molecule has 92 valence electrons. The lowest BCUT2D eigenvalue weighted by molar-refractivity contribution is -0.198. The van der Waals surface area contributed by atoms with Crippen LogP contribution in [0.25, 0.3) is 0 Å². The van der Waals surface area contributed by atoms with Crippen LogP contribution in [0.2, 0.25) is 0 Å². The molecule has 0 aliphatic rings. The summed E-state index contributed by atoms with van der Waals surface area (Å²) in [5.74, 6) is -6.81. The second kappa shape index (κ2) is 4.09. The van der Waals surface area contributed by atoms with Crippen molar-refractivity contribution in [3.63, 3.8) is 0 Å². The number of carbonyl (C=O) groups is 3. The first-order valence-corrected chi connectivity index (χ1v) is 4.41. The summed E-state index contributed by atoms with van der Waals surface area (Å²) < 4.78 is 0. The smallest absolute Gasteiger partial charge is 0.337 e. The molecule has 0 heterocycles. The summed E-state index contributed by atoms with van der Waals surface area (Å²) in [5.41, 5.74) is -5.01. The molecule has 0 aromatic carbocycles. The lowest BCUT2D eigenvalue weighted by Gasteiger charge is -2.38. The molecular formula is C9H14O7. The van der Waals surface area contributed by atoms with E-state index >= 15 is 0 Å². The van der Waals surface area contributed by atoms with Gasteiger partial charge in [-0.25, -0.2) is 4.79 Å². The third-order valence-electron chi connectivity index (χ3n) is 2.81. The van der Waals surface area contributed by atoms with Crippen molar-refractivity contribution >= 4 is 17.9 Å². The number of aliphatic hydroxyl groups is 1. The maximum absolute atomic E-state index is 10.9. The average Bonchev–Trinajstić information content (AvgIpc) is 2.14. The van der Waals surface area contributed by atoms with Crippen LogP contribution in [0.3, 0.4) is 0 Å². The van der Waals surface area contributed by atoms with Gasteiger partial charge >= 0.3 is 17.9 Å². The normalized spacial score (nSPS) is 17.2. The second-order valence-corrected chi connectivity index (χ2v) is 4.06. The molecule has 4 N–H and O–H groups in total. The van der Waals surface area contributed by atoms with E-state index in [4.69, 9.17) is 15.3 Å². The monoisotopic (exact) mass is 234 g/mol. The predicted octanol–water partition coefficient (Wildman–Crippen LogP) is -0.366. The molecular weight excluding hydrogens is 220 g/mol. The van der Waals surface area contributed by atoms with Gasteiger partial charge in [-0.1, -0.05) is 0 Å². The highest BCUT2D eigenvalue weighted by atomic mass is 16.4. The Labute approximate surface area is 91.3 Å². The zero-order valence-corrected chi connectivity index (χ0v) is 9.09. The van der Waals surface area contributed by atoms with Crippen molar-refractivity contribution in [2.75, 3.05) is 0 Å². The molecule has 0 bridgehead atoms. The summed E-state index contributed by atoms with van der Waals surface area (Å²) in [7, 11) is 0. The summed E-state index contributed by atoms with van der Waals surface area (Å²) in [4.78, 5) is 32.5. The van der Waals surface area contributed by atoms with Crippen LogP contribution in [-0.2, 0) is 14.4 Å². The number of hydrogen-bond acceptors (Lipinski definition) is 4. The minimum atomic E-state index is -2.88. The van der Waals surface area contributed by atoms with Gasteiger partial charge in [0.05, 0.1) is 5.92 Å². The molecule has 0 aliphatic heterocycles. The van der Waals surface area contributed by atoms with Crippen molar-refractivity contribution in [3.8, 4) is 0 Å². The third kappa shape index (κ3) is 1.85. The standard InChI is InChI=1S/C9H14O7/c1-4(5(10)11)9(16,7(14)15)8(2,3)6(12)13/h4,16H,1-3H3,(H,10,11)(H,12,13)(H,14,15). The molecule has 2 unspecified atom stereocenters. The Hall–Kier alpha value is -1.63. The molecule has 0 aliphatic carbocycles.